The standard InChI is InChI=1S/C10H12O3/c1-6-8(7(2)11)3-4-9-10(6)13-5-12-9/h3-4,7,11H,5H2,1-2H3. The van der Waals surface area contributed by atoms with E-state index in [0.717, 1.165) is 22.6 Å². The van der Waals surface area contributed by atoms with Gasteiger partial charge in [0.05, 0.1) is 6.10 Å². The molecule has 1 aliphatic heterocycles. The summed E-state index contributed by atoms with van der Waals surface area (Å²) in [6.45, 7) is 3.94. The van der Waals surface area contributed by atoms with Gasteiger partial charge in [-0.05, 0) is 25.5 Å². The zero-order valence-electron chi connectivity index (χ0n) is 7.70. The normalized spacial score (nSPS) is 15.9. The molecule has 70 valence electrons. The van der Waals surface area contributed by atoms with E-state index < -0.39 is 6.10 Å². The summed E-state index contributed by atoms with van der Waals surface area (Å²) in [5.74, 6) is 1.53. The van der Waals surface area contributed by atoms with Crippen molar-refractivity contribution in [3.63, 3.8) is 0 Å². The summed E-state index contributed by atoms with van der Waals surface area (Å²) < 4.78 is 10.5. The lowest BCUT2D eigenvalue weighted by Crippen LogP contribution is -1.96. The molecule has 1 heterocycles. The van der Waals surface area contributed by atoms with Crippen molar-refractivity contribution >= 4 is 0 Å². The van der Waals surface area contributed by atoms with Gasteiger partial charge in [0.2, 0.25) is 6.79 Å². The molecule has 1 atom stereocenters. The highest BCUT2D eigenvalue weighted by Gasteiger charge is 2.19. The van der Waals surface area contributed by atoms with E-state index in [4.69, 9.17) is 9.47 Å². The lowest BCUT2D eigenvalue weighted by Gasteiger charge is -2.10. The Bertz CT molecular complexity index is 331. The molecule has 1 aliphatic rings. The number of rotatable bonds is 1. The van der Waals surface area contributed by atoms with Gasteiger partial charge in [0.15, 0.2) is 11.5 Å². The Balaban J connectivity index is 2.52. The summed E-state index contributed by atoms with van der Waals surface area (Å²) in [6, 6.07) is 3.70. The maximum atomic E-state index is 9.44. The van der Waals surface area contributed by atoms with Crippen LogP contribution in [0.15, 0.2) is 12.1 Å². The minimum Gasteiger partial charge on any atom is -0.454 e. The van der Waals surface area contributed by atoms with E-state index in [0.29, 0.717) is 0 Å². The average molecular weight is 180 g/mol. The van der Waals surface area contributed by atoms with Gasteiger partial charge in [-0.25, -0.2) is 0 Å². The average Bonchev–Trinajstić information content (AvgIpc) is 2.52. The summed E-state index contributed by atoms with van der Waals surface area (Å²) in [5, 5.41) is 9.44. The number of hydrogen-bond donors (Lipinski definition) is 1. The summed E-state index contributed by atoms with van der Waals surface area (Å²) in [4.78, 5) is 0. The fourth-order valence-electron chi connectivity index (χ4n) is 1.58. The molecule has 0 amide bonds. The van der Waals surface area contributed by atoms with Gasteiger partial charge in [0, 0.05) is 5.56 Å². The van der Waals surface area contributed by atoms with E-state index in [1.807, 2.05) is 19.1 Å². The molecule has 0 bridgehead atoms. The minimum atomic E-state index is -0.463. The van der Waals surface area contributed by atoms with Crippen molar-refractivity contribution in [2.75, 3.05) is 6.79 Å². The van der Waals surface area contributed by atoms with Crippen LogP contribution in [0.4, 0.5) is 0 Å². The van der Waals surface area contributed by atoms with E-state index in [1.54, 1.807) is 6.92 Å². The fourth-order valence-corrected chi connectivity index (χ4v) is 1.58. The number of fused-ring (bicyclic) bond motifs is 1. The number of benzene rings is 1. The molecule has 2 rings (SSSR count). The van der Waals surface area contributed by atoms with Crippen molar-refractivity contribution in [3.05, 3.63) is 23.3 Å². The zero-order chi connectivity index (χ0) is 9.42. The first-order chi connectivity index (χ1) is 6.20. The molecule has 0 spiro atoms. The van der Waals surface area contributed by atoms with Crippen LogP contribution in [-0.2, 0) is 0 Å². The molecule has 1 unspecified atom stereocenters. The van der Waals surface area contributed by atoms with Crippen molar-refractivity contribution in [2.24, 2.45) is 0 Å². The maximum absolute atomic E-state index is 9.44. The Morgan fingerprint density at radius 2 is 2.15 bits per heavy atom. The Hall–Kier alpha value is -1.22. The van der Waals surface area contributed by atoms with Crippen LogP contribution >= 0.6 is 0 Å². The molecule has 13 heavy (non-hydrogen) atoms. The molecule has 0 radical (unpaired) electrons. The molecule has 0 saturated heterocycles. The van der Waals surface area contributed by atoms with Crippen molar-refractivity contribution < 1.29 is 14.6 Å². The summed E-state index contributed by atoms with van der Waals surface area (Å²) in [5.41, 5.74) is 1.86. The van der Waals surface area contributed by atoms with Crippen LogP contribution in [0.2, 0.25) is 0 Å². The van der Waals surface area contributed by atoms with E-state index in [-0.39, 0.29) is 6.79 Å². The zero-order valence-corrected chi connectivity index (χ0v) is 7.70. The van der Waals surface area contributed by atoms with E-state index in [2.05, 4.69) is 0 Å². The third-order valence-corrected chi connectivity index (χ3v) is 2.28. The first kappa shape index (κ1) is 8.38. The van der Waals surface area contributed by atoms with Crippen molar-refractivity contribution in [1.29, 1.82) is 0 Å². The quantitative estimate of drug-likeness (QED) is 0.715. The Labute approximate surface area is 76.9 Å². The maximum Gasteiger partial charge on any atom is 0.231 e. The van der Waals surface area contributed by atoms with Crippen LogP contribution in [0.5, 0.6) is 11.5 Å². The van der Waals surface area contributed by atoms with Gasteiger partial charge in [-0.1, -0.05) is 6.07 Å². The molecule has 0 aliphatic carbocycles. The first-order valence-electron chi connectivity index (χ1n) is 4.27. The lowest BCUT2D eigenvalue weighted by molar-refractivity contribution is 0.172. The highest BCUT2D eigenvalue weighted by Crippen LogP contribution is 2.38. The number of ether oxygens (including phenoxy) is 2. The molecule has 0 saturated carbocycles. The summed E-state index contributed by atoms with van der Waals surface area (Å²) >= 11 is 0. The number of hydrogen-bond acceptors (Lipinski definition) is 3. The second kappa shape index (κ2) is 2.92. The van der Waals surface area contributed by atoms with Gasteiger partial charge in [0.1, 0.15) is 0 Å². The van der Waals surface area contributed by atoms with Gasteiger partial charge in [-0.3, -0.25) is 0 Å². The molecule has 0 fully saturated rings. The Morgan fingerprint density at radius 1 is 1.38 bits per heavy atom. The highest BCUT2D eigenvalue weighted by atomic mass is 16.7. The van der Waals surface area contributed by atoms with Crippen molar-refractivity contribution in [2.45, 2.75) is 20.0 Å². The minimum absolute atomic E-state index is 0.277. The Kier molecular flexibility index (Phi) is 1.88. The summed E-state index contributed by atoms with van der Waals surface area (Å²) in [7, 11) is 0. The molecule has 3 heteroatoms. The van der Waals surface area contributed by atoms with Gasteiger partial charge in [-0.2, -0.15) is 0 Å². The van der Waals surface area contributed by atoms with Gasteiger partial charge in [0.25, 0.3) is 0 Å². The van der Waals surface area contributed by atoms with E-state index in [9.17, 15) is 5.11 Å². The van der Waals surface area contributed by atoms with Crippen molar-refractivity contribution in [1.82, 2.24) is 0 Å². The monoisotopic (exact) mass is 180 g/mol. The van der Waals surface area contributed by atoms with E-state index >= 15 is 0 Å². The molecular weight excluding hydrogens is 168 g/mol. The predicted molar refractivity (Wildman–Crippen MR) is 47.9 cm³/mol. The van der Waals surface area contributed by atoms with Crippen LogP contribution in [-0.4, -0.2) is 11.9 Å². The SMILES string of the molecule is Cc1c(C(C)O)ccc2c1OCO2. The molecular formula is C10H12O3. The second-order valence-corrected chi connectivity index (χ2v) is 3.19. The second-order valence-electron chi connectivity index (χ2n) is 3.19. The lowest BCUT2D eigenvalue weighted by atomic mass is 10.0. The predicted octanol–water partition coefficient (Wildman–Crippen LogP) is 1.78. The molecule has 0 aromatic heterocycles. The molecule has 1 aromatic carbocycles. The third-order valence-electron chi connectivity index (χ3n) is 2.28. The largest absolute Gasteiger partial charge is 0.454 e. The molecule has 3 nitrogen and oxygen atoms in total. The van der Waals surface area contributed by atoms with Crippen LogP contribution in [0.1, 0.15) is 24.2 Å². The van der Waals surface area contributed by atoms with Crippen LogP contribution in [0, 0.1) is 6.92 Å². The van der Waals surface area contributed by atoms with Crippen LogP contribution in [0.25, 0.3) is 0 Å². The number of aliphatic hydroxyl groups excluding tert-OH is 1. The van der Waals surface area contributed by atoms with E-state index in [1.165, 1.54) is 0 Å². The molecule has 1 N–H and O–H groups in total. The highest BCUT2D eigenvalue weighted by molar-refractivity contribution is 5.51. The fraction of sp³-hybridized carbons (Fsp3) is 0.400. The van der Waals surface area contributed by atoms with Gasteiger partial charge < -0.3 is 14.6 Å². The van der Waals surface area contributed by atoms with Crippen LogP contribution in [0.3, 0.4) is 0 Å². The first-order valence-corrected chi connectivity index (χ1v) is 4.27. The smallest absolute Gasteiger partial charge is 0.231 e. The third kappa shape index (κ3) is 1.25. The summed E-state index contributed by atoms with van der Waals surface area (Å²) in [6.07, 6.45) is -0.463. The Morgan fingerprint density at radius 3 is 2.85 bits per heavy atom. The van der Waals surface area contributed by atoms with Gasteiger partial charge in [-0.15, -0.1) is 0 Å². The van der Waals surface area contributed by atoms with Gasteiger partial charge >= 0.3 is 0 Å². The topological polar surface area (TPSA) is 38.7 Å². The molecule has 1 aromatic rings. The van der Waals surface area contributed by atoms with Crippen LogP contribution < -0.4 is 9.47 Å². The number of aliphatic hydroxyl groups is 1. The van der Waals surface area contributed by atoms with Crippen molar-refractivity contribution in [3.8, 4) is 11.5 Å².